The average molecular weight is 710 g/mol. The molecule has 0 amide bonds. The van der Waals surface area contributed by atoms with E-state index in [2.05, 4.69) is 24.3 Å². The van der Waals surface area contributed by atoms with Crippen LogP contribution in [0.1, 0.15) is 11.0 Å². The molecule has 0 aliphatic heterocycles. The Bertz CT molecular complexity index is 3080. The molecule has 0 saturated carbocycles. The second-order valence-electron chi connectivity index (χ2n) is 13.1. The Morgan fingerprint density at radius 1 is 0.236 bits per heavy atom. The molecule has 0 bridgehead atoms. The van der Waals surface area contributed by atoms with Gasteiger partial charge in [-0.1, -0.05) is 206 Å². The van der Waals surface area contributed by atoms with Gasteiger partial charge >= 0.3 is 0 Å². The molecule has 9 rings (SSSR count). The third-order valence-electron chi connectivity index (χ3n) is 9.68. The summed E-state index contributed by atoms with van der Waals surface area (Å²) in [7, 11) is 0. The van der Waals surface area contributed by atoms with E-state index in [1.165, 1.54) is 4.90 Å². The van der Waals surface area contributed by atoms with Crippen LogP contribution in [0.25, 0.3) is 66.8 Å². The predicted octanol–water partition coefficient (Wildman–Crippen LogP) is 15.2. The second kappa shape index (κ2) is 15.4. The molecule has 0 atom stereocenters. The Kier molecular flexibility index (Phi) is 7.20. The number of nitrogens with zero attached hydrogens (tertiary/aromatic N) is 1. The van der Waals surface area contributed by atoms with Crippen LogP contribution in [0.4, 0.5) is 17.1 Å². The molecule has 0 aliphatic carbocycles. The Labute approximate surface area is 335 Å². The molecule has 0 aromatic heterocycles. The highest BCUT2D eigenvalue weighted by Crippen LogP contribution is 2.45. The van der Waals surface area contributed by atoms with Crippen molar-refractivity contribution in [2.24, 2.45) is 0 Å². The number of hydrogen-bond acceptors (Lipinski definition) is 1. The molecule has 260 valence electrons. The molecule has 0 heterocycles. The van der Waals surface area contributed by atoms with E-state index in [1.807, 2.05) is 115 Å². The topological polar surface area (TPSA) is 3.24 Å². The fraction of sp³-hybridized carbons (Fsp3) is 0. The zero-order valence-electron chi connectivity index (χ0n) is 37.8. The lowest BCUT2D eigenvalue weighted by atomic mass is 9.88. The van der Waals surface area contributed by atoms with E-state index < -0.39 is 24.2 Å². The van der Waals surface area contributed by atoms with E-state index in [9.17, 15) is 11.0 Å². The van der Waals surface area contributed by atoms with Crippen LogP contribution in [-0.4, -0.2) is 0 Å². The zero-order valence-corrected chi connectivity index (χ0v) is 29.8. The molecule has 9 aromatic rings. The van der Waals surface area contributed by atoms with Crippen molar-refractivity contribution in [2.75, 3.05) is 4.90 Å². The van der Waals surface area contributed by atoms with Gasteiger partial charge in [0.25, 0.3) is 0 Å². The second-order valence-corrected chi connectivity index (χ2v) is 13.1. The van der Waals surface area contributed by atoms with Gasteiger partial charge in [0, 0.05) is 16.9 Å². The number of para-hydroxylation sites is 1. The minimum atomic E-state index is -0.403. The molecule has 0 radical (unpaired) electrons. The Morgan fingerprint density at radius 2 is 0.545 bits per heavy atom. The highest BCUT2D eigenvalue weighted by atomic mass is 15.1. The van der Waals surface area contributed by atoms with E-state index in [0.29, 0.717) is 22.4 Å². The summed E-state index contributed by atoms with van der Waals surface area (Å²) in [5, 5.41) is 0. The van der Waals surface area contributed by atoms with Gasteiger partial charge in [-0.3, -0.25) is 0 Å². The first-order chi connectivity index (χ1) is 30.7. The third kappa shape index (κ3) is 7.00. The lowest BCUT2D eigenvalue weighted by molar-refractivity contribution is 1.28. The highest BCUT2D eigenvalue weighted by Gasteiger charge is 2.20. The van der Waals surface area contributed by atoms with Gasteiger partial charge in [0.05, 0.1) is 16.7 Å². The molecular formula is C54H39N. The minimum absolute atomic E-state index is 0.100. The summed E-state index contributed by atoms with van der Waals surface area (Å²) in [6, 6.07) is 56.5. The van der Waals surface area contributed by atoms with E-state index in [1.54, 1.807) is 48.5 Å². The van der Waals surface area contributed by atoms with Gasteiger partial charge in [0.1, 0.15) is 0 Å². The van der Waals surface area contributed by atoms with Crippen LogP contribution >= 0.6 is 0 Å². The van der Waals surface area contributed by atoms with Crippen LogP contribution in [0.2, 0.25) is 0 Å². The summed E-state index contributed by atoms with van der Waals surface area (Å²) in [4.78, 5) is 1.40. The van der Waals surface area contributed by atoms with Gasteiger partial charge in [0.2, 0.25) is 0 Å². The lowest BCUT2D eigenvalue weighted by Gasteiger charge is -2.29. The summed E-state index contributed by atoms with van der Waals surface area (Å²) in [5.74, 6) is 0. The van der Waals surface area contributed by atoms with Crippen molar-refractivity contribution in [3.8, 4) is 66.8 Å². The van der Waals surface area contributed by atoms with Crippen molar-refractivity contribution >= 4 is 17.1 Å². The number of benzene rings is 9. The van der Waals surface area contributed by atoms with Crippen LogP contribution in [0.3, 0.4) is 0 Å². The molecule has 0 fully saturated rings. The Morgan fingerprint density at radius 3 is 1.04 bits per heavy atom. The maximum Gasteiger partial charge on any atom is 0.0645 e. The SMILES string of the molecule is [2H]c1c([2H])c(N(c2ccccc2-c2ccccc2-c2ccccc2-c2ccccc2)c2c([2H])c([2H])c(-c3ccc(-c4ccccc4)cc3)c([2H])c2[2H])c([2H])c([2H])c1-c1ccccc1. The standard InChI is InChI=1S/C54H39N/c1-4-16-40(17-5-1)42-28-30-43(31-29-42)45-34-38-48(39-35-45)55(47-36-32-44(33-37-47)41-18-6-2-7-19-41)54-27-15-14-26-53(54)52-25-13-12-24-51(52)50-23-11-10-22-49(50)46-20-8-3-9-21-46/h1-39H/i32D,33D,34D,35D,36D,37D,38D,39D. The van der Waals surface area contributed by atoms with Gasteiger partial charge in [0.15, 0.2) is 0 Å². The van der Waals surface area contributed by atoms with Gasteiger partial charge in [-0.05, 0) is 91.4 Å². The molecule has 55 heavy (non-hydrogen) atoms. The number of anilines is 3. The number of hydrogen-bond donors (Lipinski definition) is 0. The van der Waals surface area contributed by atoms with Crippen molar-refractivity contribution in [1.82, 2.24) is 0 Å². The molecule has 0 saturated heterocycles. The van der Waals surface area contributed by atoms with Gasteiger partial charge in [-0.15, -0.1) is 0 Å². The normalized spacial score (nSPS) is 12.9. The predicted molar refractivity (Wildman–Crippen MR) is 234 cm³/mol. The fourth-order valence-electron chi connectivity index (χ4n) is 6.98. The first-order valence-corrected chi connectivity index (χ1v) is 18.2. The smallest absolute Gasteiger partial charge is 0.0645 e. The minimum Gasteiger partial charge on any atom is -0.310 e. The zero-order chi connectivity index (χ0) is 43.8. The van der Waals surface area contributed by atoms with E-state index >= 15 is 0 Å². The summed E-state index contributed by atoms with van der Waals surface area (Å²) in [6.45, 7) is 0. The quantitative estimate of drug-likeness (QED) is 0.144. The maximum absolute atomic E-state index is 9.68. The summed E-state index contributed by atoms with van der Waals surface area (Å²) in [5.41, 5.74) is 8.29. The van der Waals surface area contributed by atoms with Crippen LogP contribution in [-0.2, 0) is 0 Å². The fourth-order valence-corrected chi connectivity index (χ4v) is 6.98. The summed E-state index contributed by atoms with van der Waals surface area (Å²) >= 11 is 0. The van der Waals surface area contributed by atoms with Gasteiger partial charge in [-0.25, -0.2) is 0 Å². The summed E-state index contributed by atoms with van der Waals surface area (Å²) in [6.07, 6.45) is 0. The largest absolute Gasteiger partial charge is 0.310 e. The van der Waals surface area contributed by atoms with Crippen LogP contribution in [0, 0.1) is 0 Å². The van der Waals surface area contributed by atoms with Crippen LogP contribution < -0.4 is 4.90 Å². The molecule has 1 nitrogen and oxygen atoms in total. The van der Waals surface area contributed by atoms with Crippen molar-refractivity contribution in [3.63, 3.8) is 0 Å². The molecular weight excluding hydrogens is 663 g/mol. The van der Waals surface area contributed by atoms with E-state index in [4.69, 9.17) is 0 Å². The summed E-state index contributed by atoms with van der Waals surface area (Å²) < 4.78 is 76.2. The first-order valence-electron chi connectivity index (χ1n) is 22.2. The van der Waals surface area contributed by atoms with Gasteiger partial charge < -0.3 is 4.90 Å². The van der Waals surface area contributed by atoms with Gasteiger partial charge in [-0.2, -0.15) is 0 Å². The molecule has 0 aliphatic rings. The lowest BCUT2D eigenvalue weighted by Crippen LogP contribution is -2.11. The van der Waals surface area contributed by atoms with E-state index in [0.717, 1.165) is 38.9 Å². The van der Waals surface area contributed by atoms with Crippen molar-refractivity contribution in [2.45, 2.75) is 0 Å². The van der Waals surface area contributed by atoms with Crippen molar-refractivity contribution in [1.29, 1.82) is 0 Å². The average Bonchev–Trinajstić information content (AvgIpc) is 3.33. The Hall–Kier alpha value is -7.22. The monoisotopic (exact) mass is 709 g/mol. The molecule has 9 aromatic carbocycles. The van der Waals surface area contributed by atoms with Crippen LogP contribution in [0.15, 0.2) is 236 Å². The van der Waals surface area contributed by atoms with Crippen molar-refractivity contribution in [3.05, 3.63) is 236 Å². The van der Waals surface area contributed by atoms with E-state index in [-0.39, 0.29) is 46.7 Å². The third-order valence-corrected chi connectivity index (χ3v) is 9.68. The van der Waals surface area contributed by atoms with Crippen LogP contribution in [0.5, 0.6) is 0 Å². The van der Waals surface area contributed by atoms with Crippen molar-refractivity contribution < 1.29 is 11.0 Å². The molecule has 0 unspecified atom stereocenters. The molecule has 1 heteroatoms. The maximum atomic E-state index is 9.68. The number of rotatable bonds is 9. The molecule has 0 spiro atoms. The Balaban J connectivity index is 1.31. The molecule has 0 N–H and O–H groups in total. The highest BCUT2D eigenvalue weighted by molar-refractivity contribution is 5.97. The first kappa shape index (κ1) is 25.7.